The standard InChI is InChI=1S/C18H17NS/c19-13-18-17(10-11-20-18)16-8-6-15(7-9-16)12-14-4-2-1-3-5-14/h1-11H,12-13,19H2. The number of nitrogens with two attached hydrogens (primary N) is 1. The van der Waals surface area contributed by atoms with Gasteiger partial charge in [-0.15, -0.1) is 11.3 Å². The third-order valence-corrected chi connectivity index (χ3v) is 4.39. The van der Waals surface area contributed by atoms with Crippen LogP contribution in [0.5, 0.6) is 0 Å². The molecule has 0 fully saturated rings. The van der Waals surface area contributed by atoms with E-state index < -0.39 is 0 Å². The smallest absolute Gasteiger partial charge is 0.0280 e. The molecule has 100 valence electrons. The van der Waals surface area contributed by atoms with Crippen molar-refractivity contribution in [2.75, 3.05) is 0 Å². The highest BCUT2D eigenvalue weighted by Crippen LogP contribution is 2.28. The SMILES string of the molecule is NCc1sccc1-c1ccc(Cc2ccccc2)cc1. The average molecular weight is 279 g/mol. The van der Waals surface area contributed by atoms with Crippen LogP contribution in [0.15, 0.2) is 66.0 Å². The van der Waals surface area contributed by atoms with Gasteiger partial charge in [0.15, 0.2) is 0 Å². The molecule has 0 aliphatic heterocycles. The zero-order valence-corrected chi connectivity index (χ0v) is 12.1. The first-order valence-electron chi connectivity index (χ1n) is 6.76. The van der Waals surface area contributed by atoms with Crippen LogP contribution >= 0.6 is 11.3 Å². The van der Waals surface area contributed by atoms with Gasteiger partial charge in [-0.05, 0) is 40.1 Å². The van der Waals surface area contributed by atoms with Crippen LogP contribution in [0.4, 0.5) is 0 Å². The highest BCUT2D eigenvalue weighted by atomic mass is 32.1. The van der Waals surface area contributed by atoms with Gasteiger partial charge in [-0.25, -0.2) is 0 Å². The van der Waals surface area contributed by atoms with Crippen LogP contribution < -0.4 is 5.73 Å². The first-order valence-corrected chi connectivity index (χ1v) is 7.64. The second-order valence-electron chi connectivity index (χ2n) is 4.82. The Morgan fingerprint density at radius 2 is 1.50 bits per heavy atom. The maximum absolute atomic E-state index is 5.77. The summed E-state index contributed by atoms with van der Waals surface area (Å²) in [7, 11) is 0. The molecule has 2 aromatic carbocycles. The fourth-order valence-corrected chi connectivity index (χ4v) is 3.17. The third-order valence-electron chi connectivity index (χ3n) is 3.45. The second kappa shape index (κ2) is 6.04. The summed E-state index contributed by atoms with van der Waals surface area (Å²) < 4.78 is 0. The third kappa shape index (κ3) is 2.82. The Kier molecular flexibility index (Phi) is 3.95. The van der Waals surface area contributed by atoms with Gasteiger partial charge in [0, 0.05) is 11.4 Å². The highest BCUT2D eigenvalue weighted by molar-refractivity contribution is 7.10. The lowest BCUT2D eigenvalue weighted by atomic mass is 10.0. The molecule has 0 unspecified atom stereocenters. The van der Waals surface area contributed by atoms with Gasteiger partial charge in [0.25, 0.3) is 0 Å². The van der Waals surface area contributed by atoms with E-state index in [0.717, 1.165) is 6.42 Å². The fraction of sp³-hybridized carbons (Fsp3) is 0.111. The van der Waals surface area contributed by atoms with E-state index in [1.165, 1.54) is 27.1 Å². The van der Waals surface area contributed by atoms with Crippen molar-refractivity contribution >= 4 is 11.3 Å². The quantitative estimate of drug-likeness (QED) is 0.749. The minimum Gasteiger partial charge on any atom is -0.326 e. The molecule has 1 aromatic heterocycles. The van der Waals surface area contributed by atoms with E-state index in [1.54, 1.807) is 11.3 Å². The lowest BCUT2D eigenvalue weighted by Crippen LogP contribution is -1.95. The monoisotopic (exact) mass is 279 g/mol. The Labute approximate surface area is 123 Å². The van der Waals surface area contributed by atoms with Crippen LogP contribution in [-0.4, -0.2) is 0 Å². The van der Waals surface area contributed by atoms with Gasteiger partial charge < -0.3 is 5.73 Å². The topological polar surface area (TPSA) is 26.0 Å². The molecular weight excluding hydrogens is 262 g/mol. The van der Waals surface area contributed by atoms with E-state index in [9.17, 15) is 0 Å². The van der Waals surface area contributed by atoms with Crippen LogP contribution in [0.2, 0.25) is 0 Å². The number of hydrogen-bond donors (Lipinski definition) is 1. The van der Waals surface area contributed by atoms with Crippen molar-refractivity contribution in [1.82, 2.24) is 0 Å². The average Bonchev–Trinajstić information content (AvgIpc) is 2.98. The van der Waals surface area contributed by atoms with E-state index >= 15 is 0 Å². The Morgan fingerprint density at radius 1 is 0.800 bits per heavy atom. The maximum Gasteiger partial charge on any atom is 0.0280 e. The minimum absolute atomic E-state index is 0.610. The van der Waals surface area contributed by atoms with Gasteiger partial charge in [0.05, 0.1) is 0 Å². The van der Waals surface area contributed by atoms with Crippen LogP contribution in [-0.2, 0) is 13.0 Å². The van der Waals surface area contributed by atoms with Crippen molar-refractivity contribution in [3.63, 3.8) is 0 Å². The molecular formula is C18H17NS. The Morgan fingerprint density at radius 3 is 2.20 bits per heavy atom. The molecule has 20 heavy (non-hydrogen) atoms. The van der Waals surface area contributed by atoms with E-state index in [0.29, 0.717) is 6.54 Å². The van der Waals surface area contributed by atoms with E-state index in [4.69, 9.17) is 5.73 Å². The minimum atomic E-state index is 0.610. The summed E-state index contributed by atoms with van der Waals surface area (Å²) in [6.07, 6.45) is 0.981. The number of benzene rings is 2. The first kappa shape index (κ1) is 13.1. The summed E-state index contributed by atoms with van der Waals surface area (Å²) in [6, 6.07) is 21.5. The highest BCUT2D eigenvalue weighted by Gasteiger charge is 2.05. The molecule has 3 rings (SSSR count). The molecule has 1 nitrogen and oxygen atoms in total. The van der Waals surface area contributed by atoms with Gasteiger partial charge >= 0.3 is 0 Å². The van der Waals surface area contributed by atoms with Crippen LogP contribution in [0.25, 0.3) is 11.1 Å². The fourth-order valence-electron chi connectivity index (χ4n) is 2.39. The van der Waals surface area contributed by atoms with Crippen molar-refractivity contribution in [2.24, 2.45) is 5.73 Å². The predicted octanol–water partition coefficient (Wildman–Crippen LogP) is 4.46. The normalized spacial score (nSPS) is 10.7. The van der Waals surface area contributed by atoms with Crippen molar-refractivity contribution in [1.29, 1.82) is 0 Å². The van der Waals surface area contributed by atoms with Crippen LogP contribution in [0.1, 0.15) is 16.0 Å². The zero-order chi connectivity index (χ0) is 13.8. The van der Waals surface area contributed by atoms with Gasteiger partial charge in [-0.1, -0.05) is 54.6 Å². The molecule has 0 spiro atoms. The predicted molar refractivity (Wildman–Crippen MR) is 86.9 cm³/mol. The Bertz CT molecular complexity index is 668. The molecule has 0 aliphatic rings. The molecule has 1 heterocycles. The van der Waals surface area contributed by atoms with E-state index in [-0.39, 0.29) is 0 Å². The van der Waals surface area contributed by atoms with Gasteiger partial charge in [-0.3, -0.25) is 0 Å². The first-order chi connectivity index (χ1) is 9.86. The zero-order valence-electron chi connectivity index (χ0n) is 11.3. The molecule has 0 amide bonds. The van der Waals surface area contributed by atoms with E-state index in [1.807, 2.05) is 0 Å². The molecule has 2 N–H and O–H groups in total. The summed E-state index contributed by atoms with van der Waals surface area (Å²) in [6.45, 7) is 0.610. The van der Waals surface area contributed by atoms with Gasteiger partial charge in [0.2, 0.25) is 0 Å². The summed E-state index contributed by atoms with van der Waals surface area (Å²) in [5.74, 6) is 0. The maximum atomic E-state index is 5.77. The number of hydrogen-bond acceptors (Lipinski definition) is 2. The molecule has 0 aliphatic carbocycles. The summed E-state index contributed by atoms with van der Waals surface area (Å²) in [5.41, 5.74) is 11.0. The summed E-state index contributed by atoms with van der Waals surface area (Å²) in [5, 5.41) is 2.11. The summed E-state index contributed by atoms with van der Waals surface area (Å²) >= 11 is 1.73. The van der Waals surface area contributed by atoms with Crippen LogP contribution in [0, 0.1) is 0 Å². The number of thiophene rings is 1. The van der Waals surface area contributed by atoms with Crippen molar-refractivity contribution < 1.29 is 0 Å². The van der Waals surface area contributed by atoms with Crippen molar-refractivity contribution in [2.45, 2.75) is 13.0 Å². The van der Waals surface area contributed by atoms with Gasteiger partial charge in [-0.2, -0.15) is 0 Å². The van der Waals surface area contributed by atoms with E-state index in [2.05, 4.69) is 66.0 Å². The molecule has 2 heteroatoms. The Balaban J connectivity index is 1.81. The Hall–Kier alpha value is -1.90. The number of rotatable bonds is 4. The van der Waals surface area contributed by atoms with Crippen LogP contribution in [0.3, 0.4) is 0 Å². The second-order valence-corrected chi connectivity index (χ2v) is 5.82. The summed E-state index contributed by atoms with van der Waals surface area (Å²) in [4.78, 5) is 1.25. The molecule has 0 saturated heterocycles. The van der Waals surface area contributed by atoms with Crippen molar-refractivity contribution in [3.8, 4) is 11.1 Å². The lowest BCUT2D eigenvalue weighted by molar-refractivity contribution is 1.11. The largest absolute Gasteiger partial charge is 0.326 e. The van der Waals surface area contributed by atoms with Gasteiger partial charge in [0.1, 0.15) is 0 Å². The van der Waals surface area contributed by atoms with Crippen molar-refractivity contribution in [3.05, 3.63) is 82.0 Å². The molecule has 0 atom stereocenters. The molecule has 0 bridgehead atoms. The molecule has 3 aromatic rings. The molecule has 0 saturated carbocycles. The lowest BCUT2D eigenvalue weighted by Gasteiger charge is -2.05. The molecule has 0 radical (unpaired) electrons.